The zero-order valence-electron chi connectivity index (χ0n) is 18.9. The average Bonchev–Trinajstić information content (AvgIpc) is 3.24. The van der Waals surface area contributed by atoms with Gasteiger partial charge in [-0.25, -0.2) is 4.68 Å². The third-order valence-electron chi connectivity index (χ3n) is 5.24. The monoisotopic (exact) mass is 434 g/mol. The zero-order chi connectivity index (χ0) is 22.9. The van der Waals surface area contributed by atoms with Gasteiger partial charge in [-0.15, -0.1) is 0 Å². The van der Waals surface area contributed by atoms with Gasteiger partial charge < -0.3 is 15.0 Å². The second-order valence-corrected chi connectivity index (χ2v) is 7.28. The lowest BCUT2D eigenvalue weighted by Crippen LogP contribution is -2.31. The molecule has 0 aliphatic rings. The van der Waals surface area contributed by atoms with Crippen LogP contribution in [0.25, 0.3) is 5.69 Å². The van der Waals surface area contributed by atoms with Crippen LogP contribution in [0.5, 0.6) is 5.75 Å². The van der Waals surface area contributed by atoms with Crippen molar-refractivity contribution in [1.82, 2.24) is 14.7 Å². The van der Waals surface area contributed by atoms with Crippen LogP contribution in [-0.2, 0) is 11.2 Å². The molecule has 3 rings (SSSR count). The van der Waals surface area contributed by atoms with E-state index in [1.165, 1.54) is 11.8 Å². The first-order valence-corrected chi connectivity index (χ1v) is 11.0. The Balaban J connectivity index is 1.74. The Morgan fingerprint density at radius 3 is 2.31 bits per heavy atom. The van der Waals surface area contributed by atoms with E-state index in [-0.39, 0.29) is 24.8 Å². The minimum atomic E-state index is -0.249. The molecule has 0 bridgehead atoms. The minimum absolute atomic E-state index is 0.147. The van der Waals surface area contributed by atoms with Gasteiger partial charge in [0.1, 0.15) is 17.1 Å². The first kappa shape index (κ1) is 23.1. The van der Waals surface area contributed by atoms with Gasteiger partial charge >= 0.3 is 0 Å². The number of para-hydroxylation sites is 1. The fourth-order valence-electron chi connectivity index (χ4n) is 3.35. The Morgan fingerprint density at radius 2 is 1.69 bits per heavy atom. The van der Waals surface area contributed by atoms with Crippen molar-refractivity contribution in [2.75, 3.05) is 25.0 Å². The molecule has 2 amide bonds. The minimum Gasteiger partial charge on any atom is -0.493 e. The number of aryl methyl sites for hydroxylation is 1. The van der Waals surface area contributed by atoms with E-state index in [9.17, 15) is 9.59 Å². The molecular formula is C25H30N4O3. The first-order valence-electron chi connectivity index (χ1n) is 11.0. The van der Waals surface area contributed by atoms with Crippen LogP contribution in [0, 0.1) is 0 Å². The van der Waals surface area contributed by atoms with Crippen LogP contribution in [0.4, 0.5) is 5.82 Å². The smallest absolute Gasteiger partial charge is 0.259 e. The van der Waals surface area contributed by atoms with Gasteiger partial charge in [0, 0.05) is 13.1 Å². The molecule has 3 aromatic rings. The number of hydrogen-bond donors (Lipinski definition) is 1. The van der Waals surface area contributed by atoms with Crippen LogP contribution in [0.3, 0.4) is 0 Å². The van der Waals surface area contributed by atoms with Gasteiger partial charge in [0.05, 0.1) is 24.9 Å². The summed E-state index contributed by atoms with van der Waals surface area (Å²) >= 11 is 0. The highest BCUT2D eigenvalue weighted by Crippen LogP contribution is 2.22. The number of anilines is 1. The number of ether oxygens (including phenoxy) is 1. The summed E-state index contributed by atoms with van der Waals surface area (Å²) in [5.41, 5.74) is 2.35. The standard InChI is InChI=1S/C25H30N4O3/c1-4-19-12-14-21(15-13-19)32-17-16-23(30)27-24-22(25(31)28(5-2)6-3)18-26-29(24)20-10-8-7-9-11-20/h7-15,18H,4-6,16-17H2,1-3H3,(H,27,30). The van der Waals surface area contributed by atoms with E-state index in [0.29, 0.717) is 24.5 Å². The van der Waals surface area contributed by atoms with Crippen LogP contribution in [0.1, 0.15) is 43.1 Å². The number of benzene rings is 2. The molecule has 0 fully saturated rings. The van der Waals surface area contributed by atoms with Gasteiger partial charge in [0.2, 0.25) is 5.91 Å². The van der Waals surface area contributed by atoms with Gasteiger partial charge in [0.25, 0.3) is 5.91 Å². The number of aromatic nitrogens is 2. The van der Waals surface area contributed by atoms with Crippen molar-refractivity contribution in [3.8, 4) is 11.4 Å². The van der Waals surface area contributed by atoms with Crippen molar-refractivity contribution < 1.29 is 14.3 Å². The lowest BCUT2D eigenvalue weighted by atomic mass is 10.2. The second kappa shape index (κ2) is 11.1. The molecule has 0 saturated heterocycles. The quantitative estimate of drug-likeness (QED) is 0.515. The largest absolute Gasteiger partial charge is 0.493 e. The molecule has 0 unspecified atom stereocenters. The SMILES string of the molecule is CCc1ccc(OCCC(=O)Nc2c(C(=O)N(CC)CC)cnn2-c2ccccc2)cc1. The Morgan fingerprint density at radius 1 is 1.00 bits per heavy atom. The molecule has 32 heavy (non-hydrogen) atoms. The van der Waals surface area contributed by atoms with Gasteiger partial charge in [-0.1, -0.05) is 37.3 Å². The van der Waals surface area contributed by atoms with Gasteiger partial charge in [-0.3, -0.25) is 9.59 Å². The number of hydrogen-bond acceptors (Lipinski definition) is 4. The Labute approximate surface area is 189 Å². The van der Waals surface area contributed by atoms with Gasteiger partial charge in [0.15, 0.2) is 0 Å². The summed E-state index contributed by atoms with van der Waals surface area (Å²) in [4.78, 5) is 27.4. The summed E-state index contributed by atoms with van der Waals surface area (Å²) in [6.45, 7) is 7.32. The summed E-state index contributed by atoms with van der Waals surface area (Å²) in [5.74, 6) is 0.674. The molecule has 7 nitrogen and oxygen atoms in total. The Hall–Kier alpha value is -3.61. The van der Waals surface area contributed by atoms with Crippen LogP contribution >= 0.6 is 0 Å². The lowest BCUT2D eigenvalue weighted by molar-refractivity contribution is -0.116. The number of amides is 2. The normalized spacial score (nSPS) is 10.6. The van der Waals surface area contributed by atoms with Crippen molar-refractivity contribution in [3.63, 3.8) is 0 Å². The van der Waals surface area contributed by atoms with E-state index in [4.69, 9.17) is 4.74 Å². The van der Waals surface area contributed by atoms with E-state index in [2.05, 4.69) is 17.3 Å². The number of carbonyl (C=O) groups is 2. The summed E-state index contributed by atoms with van der Waals surface area (Å²) in [7, 11) is 0. The van der Waals surface area contributed by atoms with Crippen LogP contribution in [-0.4, -0.2) is 46.2 Å². The molecular weight excluding hydrogens is 404 g/mol. The molecule has 0 radical (unpaired) electrons. The van der Waals surface area contributed by atoms with Crippen molar-refractivity contribution >= 4 is 17.6 Å². The molecule has 1 N–H and O–H groups in total. The van der Waals surface area contributed by atoms with Crippen LogP contribution < -0.4 is 10.1 Å². The topological polar surface area (TPSA) is 76.5 Å². The maximum atomic E-state index is 13.0. The molecule has 0 aliphatic heterocycles. The van der Waals surface area contributed by atoms with Gasteiger partial charge in [-0.2, -0.15) is 5.10 Å². The van der Waals surface area contributed by atoms with Crippen LogP contribution in [0.2, 0.25) is 0 Å². The van der Waals surface area contributed by atoms with Crippen molar-refractivity contribution in [1.29, 1.82) is 0 Å². The lowest BCUT2D eigenvalue weighted by Gasteiger charge is -2.19. The highest BCUT2D eigenvalue weighted by atomic mass is 16.5. The number of carbonyl (C=O) groups excluding carboxylic acids is 2. The number of nitrogens with zero attached hydrogens (tertiary/aromatic N) is 3. The second-order valence-electron chi connectivity index (χ2n) is 7.28. The molecule has 1 aromatic heterocycles. The van der Waals surface area contributed by atoms with Gasteiger partial charge in [-0.05, 0) is 50.1 Å². The van der Waals surface area contributed by atoms with E-state index in [0.717, 1.165) is 17.9 Å². The highest BCUT2D eigenvalue weighted by molar-refractivity contribution is 6.03. The molecule has 0 aliphatic carbocycles. The molecule has 0 spiro atoms. The van der Waals surface area contributed by atoms with Crippen molar-refractivity contribution in [2.45, 2.75) is 33.6 Å². The summed E-state index contributed by atoms with van der Waals surface area (Å²) in [6.07, 6.45) is 2.62. The van der Waals surface area contributed by atoms with E-state index in [1.807, 2.05) is 68.4 Å². The van der Waals surface area contributed by atoms with Crippen LogP contribution in [0.15, 0.2) is 60.8 Å². The molecule has 1 heterocycles. The van der Waals surface area contributed by atoms with E-state index < -0.39 is 0 Å². The molecule has 0 saturated carbocycles. The Bertz CT molecular complexity index is 1030. The first-order chi connectivity index (χ1) is 15.6. The highest BCUT2D eigenvalue weighted by Gasteiger charge is 2.23. The zero-order valence-corrected chi connectivity index (χ0v) is 18.9. The number of nitrogens with one attached hydrogen (secondary N) is 1. The summed E-state index contributed by atoms with van der Waals surface area (Å²) in [5, 5.41) is 7.26. The number of rotatable bonds is 10. The molecule has 2 aromatic carbocycles. The molecule has 0 atom stereocenters. The Kier molecular flexibility index (Phi) is 8.02. The summed E-state index contributed by atoms with van der Waals surface area (Å²) in [6, 6.07) is 17.2. The average molecular weight is 435 g/mol. The molecule has 168 valence electrons. The van der Waals surface area contributed by atoms with E-state index in [1.54, 1.807) is 9.58 Å². The predicted molar refractivity (Wildman–Crippen MR) is 125 cm³/mol. The molecule has 7 heteroatoms. The third kappa shape index (κ3) is 5.55. The fraction of sp³-hybridized carbons (Fsp3) is 0.320. The van der Waals surface area contributed by atoms with Crippen molar-refractivity contribution in [3.05, 3.63) is 71.9 Å². The maximum absolute atomic E-state index is 13.0. The maximum Gasteiger partial charge on any atom is 0.259 e. The van der Waals surface area contributed by atoms with Crippen molar-refractivity contribution in [2.24, 2.45) is 0 Å². The fourth-order valence-corrected chi connectivity index (χ4v) is 3.35. The third-order valence-corrected chi connectivity index (χ3v) is 5.24. The van der Waals surface area contributed by atoms with E-state index >= 15 is 0 Å². The predicted octanol–water partition coefficient (Wildman–Crippen LogP) is 4.32. The summed E-state index contributed by atoms with van der Waals surface area (Å²) < 4.78 is 7.28.